The fourth-order valence-electron chi connectivity index (χ4n) is 3.25. The van der Waals surface area contributed by atoms with Crippen molar-refractivity contribution >= 4 is 55.7 Å². The van der Waals surface area contributed by atoms with Gasteiger partial charge in [0.05, 0.1) is 16.7 Å². The third kappa shape index (κ3) is 5.77. The Balaban J connectivity index is 1.79. The van der Waals surface area contributed by atoms with Crippen molar-refractivity contribution in [2.75, 3.05) is 13.2 Å². The SMILES string of the molecule is CCOc1cc(Cl)c(S(=O)(=O)NCCc2c(C)[nH]c3ccc(OC(F)(F)Cl)cc23)cc1Cl. The molecule has 0 atom stereocenters. The highest BCUT2D eigenvalue weighted by molar-refractivity contribution is 7.89. The Hall–Kier alpha value is -1.78. The number of alkyl halides is 3. The molecule has 0 aliphatic carbocycles. The summed E-state index contributed by atoms with van der Waals surface area (Å²) in [5, 5.41) is 0.701. The van der Waals surface area contributed by atoms with E-state index in [2.05, 4.69) is 14.4 Å². The summed E-state index contributed by atoms with van der Waals surface area (Å²) in [7, 11) is -3.97. The number of hydrogen-bond acceptors (Lipinski definition) is 4. The second-order valence-electron chi connectivity index (χ2n) is 6.78. The van der Waals surface area contributed by atoms with Crippen molar-refractivity contribution in [3.05, 3.63) is 51.6 Å². The van der Waals surface area contributed by atoms with Crippen molar-refractivity contribution in [3.63, 3.8) is 0 Å². The predicted octanol–water partition coefficient (Wildman–Crippen LogP) is 5.87. The number of sulfonamides is 1. The predicted molar refractivity (Wildman–Crippen MR) is 121 cm³/mol. The average Bonchev–Trinajstić information content (AvgIpc) is 2.98. The van der Waals surface area contributed by atoms with Crippen molar-refractivity contribution in [2.45, 2.75) is 30.7 Å². The molecule has 6 nitrogen and oxygen atoms in total. The minimum atomic E-state index is -3.97. The van der Waals surface area contributed by atoms with Crippen molar-refractivity contribution in [3.8, 4) is 11.5 Å². The van der Waals surface area contributed by atoms with Crippen LogP contribution in [-0.2, 0) is 16.4 Å². The van der Waals surface area contributed by atoms with Crippen molar-refractivity contribution in [1.82, 2.24) is 9.71 Å². The first-order valence-corrected chi connectivity index (χ1v) is 12.0. The molecule has 174 valence electrons. The first-order valence-electron chi connectivity index (χ1n) is 9.39. The van der Waals surface area contributed by atoms with Gasteiger partial charge in [0.15, 0.2) is 0 Å². The minimum absolute atomic E-state index is 0.0219. The molecule has 2 aromatic carbocycles. The van der Waals surface area contributed by atoms with Gasteiger partial charge in [-0.1, -0.05) is 23.2 Å². The molecule has 2 N–H and O–H groups in total. The zero-order chi connectivity index (χ0) is 23.7. The zero-order valence-electron chi connectivity index (χ0n) is 16.9. The van der Waals surface area contributed by atoms with Crippen LogP contribution in [-0.4, -0.2) is 32.1 Å². The van der Waals surface area contributed by atoms with Gasteiger partial charge in [0.25, 0.3) is 0 Å². The molecule has 0 saturated heterocycles. The van der Waals surface area contributed by atoms with E-state index >= 15 is 0 Å². The number of benzene rings is 2. The van der Waals surface area contributed by atoms with Crippen LogP contribution in [0.2, 0.25) is 10.0 Å². The van der Waals surface area contributed by atoms with Crippen molar-refractivity contribution in [1.29, 1.82) is 0 Å². The Morgan fingerprint density at radius 3 is 2.53 bits per heavy atom. The normalized spacial score (nSPS) is 12.3. The van der Waals surface area contributed by atoms with E-state index in [1.807, 2.05) is 0 Å². The highest BCUT2D eigenvalue weighted by Gasteiger charge is 2.28. The number of aromatic amines is 1. The highest BCUT2D eigenvalue weighted by atomic mass is 35.5. The monoisotopic (exact) mass is 526 g/mol. The van der Waals surface area contributed by atoms with Gasteiger partial charge in [0.1, 0.15) is 16.4 Å². The summed E-state index contributed by atoms with van der Waals surface area (Å²) >= 11 is 17.1. The first-order chi connectivity index (χ1) is 14.9. The molecule has 0 spiro atoms. The van der Waals surface area contributed by atoms with Crippen molar-refractivity contribution in [2.24, 2.45) is 0 Å². The van der Waals surface area contributed by atoms with Gasteiger partial charge < -0.3 is 14.5 Å². The molecule has 0 aliphatic heterocycles. The lowest BCUT2D eigenvalue weighted by molar-refractivity contribution is -0.0964. The lowest BCUT2D eigenvalue weighted by Crippen LogP contribution is -2.26. The Bertz CT molecular complexity index is 1240. The molecule has 0 fully saturated rings. The number of H-pyrrole nitrogens is 1. The molecule has 12 heteroatoms. The van der Waals surface area contributed by atoms with Crippen LogP contribution in [0.3, 0.4) is 0 Å². The summed E-state index contributed by atoms with van der Waals surface area (Å²) in [6, 6.07) is 6.93. The van der Waals surface area contributed by atoms with E-state index in [9.17, 15) is 17.2 Å². The molecule has 0 bridgehead atoms. The second kappa shape index (κ2) is 9.61. The lowest BCUT2D eigenvalue weighted by Gasteiger charge is -2.12. The number of aryl methyl sites for hydroxylation is 1. The largest absolute Gasteiger partial charge is 0.492 e. The number of ether oxygens (including phenoxy) is 2. The van der Waals surface area contributed by atoms with Gasteiger partial charge >= 0.3 is 5.57 Å². The van der Waals surface area contributed by atoms with Gasteiger partial charge in [-0.05, 0) is 50.1 Å². The number of hydrogen-bond donors (Lipinski definition) is 2. The van der Waals surface area contributed by atoms with Crippen LogP contribution in [0.1, 0.15) is 18.2 Å². The molecule has 1 heterocycles. The van der Waals surface area contributed by atoms with Crippen LogP contribution in [0.5, 0.6) is 11.5 Å². The molecule has 0 unspecified atom stereocenters. The highest BCUT2D eigenvalue weighted by Crippen LogP contribution is 2.34. The van der Waals surface area contributed by atoms with Crippen LogP contribution >= 0.6 is 34.8 Å². The summed E-state index contributed by atoms with van der Waals surface area (Å²) in [5.41, 5.74) is -1.66. The number of fused-ring (bicyclic) bond motifs is 1. The summed E-state index contributed by atoms with van der Waals surface area (Å²) < 4.78 is 63.6. The number of rotatable bonds is 9. The van der Waals surface area contributed by atoms with E-state index in [0.717, 1.165) is 11.3 Å². The molecule has 32 heavy (non-hydrogen) atoms. The molecule has 1 aromatic heterocycles. The standard InChI is InChI=1S/C20H19Cl3F2N2O4S/c1-3-30-18-9-16(22)19(10-15(18)21)32(28,29)26-7-6-13-11(2)27-17-5-4-12(8-14(13)17)31-20(23,24)25/h4-5,8-10,26-27H,3,6-7H2,1-2H3. The van der Waals surface area contributed by atoms with Gasteiger partial charge in [-0.15, -0.1) is 8.78 Å². The van der Waals surface area contributed by atoms with E-state index in [-0.39, 0.29) is 39.4 Å². The Kier molecular flexibility index (Phi) is 7.46. The molecule has 3 aromatic rings. The quantitative estimate of drug-likeness (QED) is 0.341. The smallest absolute Gasteiger partial charge is 0.487 e. The Morgan fingerprint density at radius 2 is 1.88 bits per heavy atom. The third-order valence-electron chi connectivity index (χ3n) is 4.57. The van der Waals surface area contributed by atoms with Crippen LogP contribution in [0.25, 0.3) is 10.9 Å². The fourth-order valence-corrected chi connectivity index (χ4v) is 5.20. The molecule has 0 radical (unpaired) electrons. The Morgan fingerprint density at radius 1 is 1.16 bits per heavy atom. The summed E-state index contributed by atoms with van der Waals surface area (Å²) in [6.07, 6.45) is 0.272. The molecule has 0 amide bonds. The maximum absolute atomic E-state index is 13.0. The maximum atomic E-state index is 13.0. The van der Waals surface area contributed by atoms with Gasteiger partial charge in [-0.25, -0.2) is 13.1 Å². The number of nitrogens with one attached hydrogen (secondary N) is 2. The third-order valence-corrected chi connectivity index (χ3v) is 6.87. The van der Waals surface area contributed by atoms with Gasteiger partial charge in [-0.2, -0.15) is 0 Å². The topological polar surface area (TPSA) is 80.4 Å². The van der Waals surface area contributed by atoms with Crippen LogP contribution < -0.4 is 14.2 Å². The minimum Gasteiger partial charge on any atom is -0.492 e. The summed E-state index contributed by atoms with van der Waals surface area (Å²) in [6.45, 7) is 3.93. The van der Waals surface area contributed by atoms with E-state index in [4.69, 9.17) is 39.5 Å². The first kappa shape index (κ1) is 24.9. The zero-order valence-corrected chi connectivity index (χ0v) is 20.0. The van der Waals surface area contributed by atoms with Crippen LogP contribution in [0.4, 0.5) is 8.78 Å². The van der Waals surface area contributed by atoms with Gasteiger partial charge in [-0.3, -0.25) is 0 Å². The summed E-state index contributed by atoms with van der Waals surface area (Å²) in [5.74, 6) is 0.169. The fraction of sp³-hybridized carbons (Fsp3) is 0.300. The van der Waals surface area contributed by atoms with Crippen LogP contribution in [0, 0.1) is 6.92 Å². The van der Waals surface area contributed by atoms with Gasteiger partial charge in [0.2, 0.25) is 10.0 Å². The second-order valence-corrected chi connectivity index (χ2v) is 9.77. The van der Waals surface area contributed by atoms with E-state index in [1.54, 1.807) is 19.9 Å². The lowest BCUT2D eigenvalue weighted by atomic mass is 10.1. The molecule has 0 aliphatic rings. The molecule has 0 saturated carbocycles. The maximum Gasteiger partial charge on any atom is 0.487 e. The molecule has 3 rings (SSSR count). The van der Waals surface area contributed by atoms with E-state index in [1.165, 1.54) is 24.3 Å². The van der Waals surface area contributed by atoms with Gasteiger partial charge in [0, 0.05) is 40.8 Å². The van der Waals surface area contributed by atoms with Crippen LogP contribution in [0.15, 0.2) is 35.2 Å². The molecular weight excluding hydrogens is 509 g/mol. The number of halogens is 5. The average molecular weight is 528 g/mol. The summed E-state index contributed by atoms with van der Waals surface area (Å²) in [4.78, 5) is 2.95. The van der Waals surface area contributed by atoms with E-state index < -0.39 is 15.6 Å². The van der Waals surface area contributed by atoms with Crippen molar-refractivity contribution < 1.29 is 26.7 Å². The number of aromatic nitrogens is 1. The molecular formula is C20H19Cl3F2N2O4S. The van der Waals surface area contributed by atoms with E-state index in [0.29, 0.717) is 17.5 Å². The Labute approximate surface area is 198 Å².